The normalized spacial score (nSPS) is 10.8. The number of carboxylic acids is 1. The molecule has 0 aliphatic rings. The number of nitrogens with zero attached hydrogens (tertiary/aromatic N) is 3. The molecule has 0 unspecified atom stereocenters. The van der Waals surface area contributed by atoms with Crippen molar-refractivity contribution in [1.82, 2.24) is 14.7 Å². The lowest BCUT2D eigenvalue weighted by molar-refractivity contribution is -0.137. The molecule has 1 amide bonds. The van der Waals surface area contributed by atoms with E-state index in [9.17, 15) is 14.0 Å². The maximum absolute atomic E-state index is 14.0. The molecule has 0 aliphatic heterocycles. The molecule has 7 nitrogen and oxygen atoms in total. The number of benzene rings is 1. The van der Waals surface area contributed by atoms with Gasteiger partial charge in [-0.2, -0.15) is 5.10 Å². The molecule has 1 aromatic heterocycles. The molecular formula is C16H19FN4O3. The van der Waals surface area contributed by atoms with E-state index < -0.39 is 11.8 Å². The number of aromatic nitrogens is 2. The Morgan fingerprint density at radius 3 is 2.75 bits per heavy atom. The minimum atomic E-state index is -0.921. The van der Waals surface area contributed by atoms with Crippen molar-refractivity contribution in [1.29, 1.82) is 0 Å². The summed E-state index contributed by atoms with van der Waals surface area (Å²) in [5, 5.41) is 15.5. The Morgan fingerprint density at radius 2 is 2.08 bits per heavy atom. The lowest BCUT2D eigenvalue weighted by Crippen LogP contribution is -2.32. The van der Waals surface area contributed by atoms with Crippen molar-refractivity contribution in [3.05, 3.63) is 41.8 Å². The highest BCUT2D eigenvalue weighted by Gasteiger charge is 2.15. The number of hydrogen-bond donors (Lipinski definition) is 2. The number of amides is 1. The molecule has 1 heterocycles. The topological polar surface area (TPSA) is 87.5 Å². The summed E-state index contributed by atoms with van der Waals surface area (Å²) >= 11 is 0. The molecule has 8 heteroatoms. The first-order valence-corrected chi connectivity index (χ1v) is 7.38. The van der Waals surface area contributed by atoms with Crippen LogP contribution in [0.4, 0.5) is 10.2 Å². The van der Waals surface area contributed by atoms with Crippen LogP contribution in [-0.2, 0) is 9.59 Å². The molecule has 0 bridgehead atoms. The molecule has 0 aliphatic carbocycles. The van der Waals surface area contributed by atoms with Crippen LogP contribution >= 0.6 is 0 Å². The highest BCUT2D eigenvalue weighted by atomic mass is 19.1. The molecule has 2 rings (SSSR count). The van der Waals surface area contributed by atoms with Crippen molar-refractivity contribution in [2.24, 2.45) is 0 Å². The first-order valence-electron chi connectivity index (χ1n) is 7.38. The largest absolute Gasteiger partial charge is 0.481 e. The average molecular weight is 334 g/mol. The fraction of sp³-hybridized carbons (Fsp3) is 0.312. The molecule has 128 valence electrons. The number of nitrogens with one attached hydrogen (secondary N) is 1. The van der Waals surface area contributed by atoms with Crippen molar-refractivity contribution < 1.29 is 19.1 Å². The van der Waals surface area contributed by atoms with Crippen LogP contribution in [0.15, 0.2) is 30.3 Å². The third kappa shape index (κ3) is 4.63. The van der Waals surface area contributed by atoms with Gasteiger partial charge in [0.2, 0.25) is 5.91 Å². The summed E-state index contributed by atoms with van der Waals surface area (Å²) < 4.78 is 15.3. The van der Waals surface area contributed by atoms with Crippen LogP contribution in [0.1, 0.15) is 12.1 Å². The van der Waals surface area contributed by atoms with Crippen LogP contribution in [0.25, 0.3) is 5.69 Å². The van der Waals surface area contributed by atoms with Crippen molar-refractivity contribution in [3.8, 4) is 5.69 Å². The van der Waals surface area contributed by atoms with E-state index >= 15 is 0 Å². The minimum Gasteiger partial charge on any atom is -0.481 e. The van der Waals surface area contributed by atoms with Gasteiger partial charge >= 0.3 is 5.97 Å². The third-order valence-corrected chi connectivity index (χ3v) is 3.30. The van der Waals surface area contributed by atoms with Gasteiger partial charge in [0, 0.05) is 12.6 Å². The van der Waals surface area contributed by atoms with Crippen molar-refractivity contribution in [2.75, 3.05) is 25.5 Å². The number of halogens is 1. The number of aliphatic carboxylic acids is 1. The second-order valence-corrected chi connectivity index (χ2v) is 5.46. The Balaban J connectivity index is 2.09. The molecular weight excluding hydrogens is 315 g/mol. The first kappa shape index (κ1) is 17.6. The van der Waals surface area contributed by atoms with Crippen LogP contribution in [0, 0.1) is 12.7 Å². The van der Waals surface area contributed by atoms with Gasteiger partial charge in [0.1, 0.15) is 17.3 Å². The molecule has 0 fully saturated rings. The van der Waals surface area contributed by atoms with Gasteiger partial charge in [0.25, 0.3) is 0 Å². The summed E-state index contributed by atoms with van der Waals surface area (Å²) in [5.74, 6) is -1.35. The molecule has 0 spiro atoms. The van der Waals surface area contributed by atoms with Crippen molar-refractivity contribution in [2.45, 2.75) is 13.3 Å². The number of rotatable bonds is 7. The number of anilines is 1. The molecule has 24 heavy (non-hydrogen) atoms. The van der Waals surface area contributed by atoms with Crippen molar-refractivity contribution in [3.63, 3.8) is 0 Å². The second kappa shape index (κ2) is 7.69. The Bertz CT molecular complexity index is 745. The summed E-state index contributed by atoms with van der Waals surface area (Å²) in [6, 6.07) is 7.78. The molecule has 2 aromatic rings. The highest BCUT2D eigenvalue weighted by Crippen LogP contribution is 2.19. The first-order chi connectivity index (χ1) is 11.4. The van der Waals surface area contributed by atoms with Gasteiger partial charge in [-0.3, -0.25) is 14.5 Å². The Labute approximate surface area is 138 Å². The summed E-state index contributed by atoms with van der Waals surface area (Å²) in [6.07, 6.45) is -0.0456. The number of carbonyl (C=O) groups excluding carboxylic acids is 1. The molecule has 2 N–H and O–H groups in total. The Kier molecular flexibility index (Phi) is 5.64. The summed E-state index contributed by atoms with van der Waals surface area (Å²) in [6.45, 7) is 2.02. The zero-order chi connectivity index (χ0) is 17.7. The van der Waals surface area contributed by atoms with Gasteiger partial charge in [-0.1, -0.05) is 12.1 Å². The highest BCUT2D eigenvalue weighted by molar-refractivity contribution is 5.91. The Hall–Kier alpha value is -2.74. The van der Waals surface area contributed by atoms with Gasteiger partial charge in [0.05, 0.1) is 18.7 Å². The lowest BCUT2D eigenvalue weighted by Gasteiger charge is -2.15. The molecule has 0 radical (unpaired) electrons. The number of aryl methyl sites for hydroxylation is 1. The number of para-hydroxylation sites is 1. The number of likely N-dealkylation sites (N-methyl/N-ethyl adjacent to an activating group) is 1. The predicted octanol–water partition coefficient (Wildman–Crippen LogP) is 1.66. The second-order valence-electron chi connectivity index (χ2n) is 5.46. The quantitative estimate of drug-likeness (QED) is 0.804. The number of carbonyl (C=O) groups is 2. The average Bonchev–Trinajstić information content (AvgIpc) is 2.85. The van der Waals surface area contributed by atoms with E-state index in [1.165, 1.54) is 10.7 Å². The van der Waals surface area contributed by atoms with E-state index in [1.54, 1.807) is 43.1 Å². The van der Waals surface area contributed by atoms with E-state index in [0.717, 1.165) is 0 Å². The van der Waals surface area contributed by atoms with Crippen molar-refractivity contribution >= 4 is 17.7 Å². The van der Waals surface area contributed by atoms with E-state index in [4.69, 9.17) is 5.11 Å². The van der Waals surface area contributed by atoms with E-state index in [1.807, 2.05) is 0 Å². The maximum Gasteiger partial charge on any atom is 0.304 e. The molecule has 0 saturated carbocycles. The fourth-order valence-corrected chi connectivity index (χ4v) is 2.19. The number of hydrogen-bond acceptors (Lipinski definition) is 4. The van der Waals surface area contributed by atoms with E-state index in [2.05, 4.69) is 10.4 Å². The standard InChI is InChI=1S/C16H19FN4O3/c1-11-9-14(18-15(22)10-20(2)8-7-16(23)24)21(19-11)13-6-4-3-5-12(13)17/h3-6,9H,7-8,10H2,1-2H3,(H,18,22)(H,23,24). The van der Waals surface area contributed by atoms with Gasteiger partial charge in [-0.15, -0.1) is 0 Å². The Morgan fingerprint density at radius 1 is 1.38 bits per heavy atom. The minimum absolute atomic E-state index is 0.0226. The molecule has 1 aromatic carbocycles. The van der Waals surface area contributed by atoms with Crippen LogP contribution in [-0.4, -0.2) is 51.8 Å². The van der Waals surface area contributed by atoms with E-state index in [0.29, 0.717) is 11.5 Å². The van der Waals surface area contributed by atoms with Gasteiger partial charge < -0.3 is 10.4 Å². The predicted molar refractivity (Wildman–Crippen MR) is 86.6 cm³/mol. The maximum atomic E-state index is 14.0. The third-order valence-electron chi connectivity index (χ3n) is 3.30. The zero-order valence-corrected chi connectivity index (χ0v) is 13.5. The molecule has 0 saturated heterocycles. The zero-order valence-electron chi connectivity index (χ0n) is 13.5. The lowest BCUT2D eigenvalue weighted by atomic mass is 10.3. The monoisotopic (exact) mass is 334 g/mol. The van der Waals surface area contributed by atoms with Gasteiger partial charge in [0.15, 0.2) is 0 Å². The smallest absolute Gasteiger partial charge is 0.304 e. The van der Waals surface area contributed by atoms with E-state index in [-0.39, 0.29) is 31.1 Å². The summed E-state index contributed by atoms with van der Waals surface area (Å²) in [5.41, 5.74) is 0.868. The van der Waals surface area contributed by atoms with Gasteiger partial charge in [-0.05, 0) is 26.1 Å². The summed E-state index contributed by atoms with van der Waals surface area (Å²) in [4.78, 5) is 24.2. The molecule has 0 atom stereocenters. The van der Waals surface area contributed by atoms with Crippen LogP contribution in [0.5, 0.6) is 0 Å². The fourth-order valence-electron chi connectivity index (χ4n) is 2.19. The van der Waals surface area contributed by atoms with Crippen LogP contribution in [0.2, 0.25) is 0 Å². The summed E-state index contributed by atoms with van der Waals surface area (Å²) in [7, 11) is 1.65. The number of carboxylic acid groups (broad SMARTS) is 1. The van der Waals surface area contributed by atoms with Gasteiger partial charge in [-0.25, -0.2) is 9.07 Å². The SMILES string of the molecule is Cc1cc(NC(=O)CN(C)CCC(=O)O)n(-c2ccccc2F)n1. The van der Waals surface area contributed by atoms with Crippen LogP contribution < -0.4 is 5.32 Å². The van der Waals surface area contributed by atoms with Crippen LogP contribution in [0.3, 0.4) is 0 Å².